The molecule has 7 heteroatoms. The third kappa shape index (κ3) is 3.72. The van der Waals surface area contributed by atoms with Crippen molar-refractivity contribution in [3.63, 3.8) is 0 Å². The Morgan fingerprint density at radius 1 is 1.11 bits per heavy atom. The van der Waals surface area contributed by atoms with Gasteiger partial charge in [-0.1, -0.05) is 12.1 Å². The van der Waals surface area contributed by atoms with E-state index in [1.807, 2.05) is 51.1 Å². The summed E-state index contributed by atoms with van der Waals surface area (Å²) in [7, 11) is 0. The second kappa shape index (κ2) is 7.65. The number of nitrogens with one attached hydrogen (secondary N) is 2. The van der Waals surface area contributed by atoms with Gasteiger partial charge < -0.3 is 10.3 Å². The summed E-state index contributed by atoms with van der Waals surface area (Å²) >= 11 is 0. The van der Waals surface area contributed by atoms with Crippen molar-refractivity contribution in [3.05, 3.63) is 68.0 Å². The summed E-state index contributed by atoms with van der Waals surface area (Å²) < 4.78 is 3.32. The van der Waals surface area contributed by atoms with Gasteiger partial charge in [-0.2, -0.15) is 0 Å². The molecule has 0 atom stereocenters. The summed E-state index contributed by atoms with van der Waals surface area (Å²) in [6.07, 6.45) is 0.167. The Bertz CT molecular complexity index is 1100. The number of hydrogen-bond donors (Lipinski definition) is 2. The summed E-state index contributed by atoms with van der Waals surface area (Å²) in [5.41, 5.74) is 3.58. The van der Waals surface area contributed by atoms with Crippen molar-refractivity contribution in [2.45, 2.75) is 46.8 Å². The Kier molecular flexibility index (Phi) is 5.30. The smallest absolute Gasteiger partial charge is 0.329 e. The highest BCUT2D eigenvalue weighted by atomic mass is 16.2. The quantitative estimate of drug-likeness (QED) is 0.696. The highest BCUT2D eigenvalue weighted by molar-refractivity contribution is 5.78. The summed E-state index contributed by atoms with van der Waals surface area (Å²) in [5.74, 6) is -0.199. The molecule has 7 nitrogen and oxygen atoms in total. The number of nitrogens with zero attached hydrogens (tertiary/aromatic N) is 2. The van der Waals surface area contributed by atoms with Crippen LogP contribution < -0.4 is 16.6 Å². The maximum Gasteiger partial charge on any atom is 0.329 e. The maximum atomic E-state index is 12.6. The van der Waals surface area contributed by atoms with Crippen LogP contribution in [0.1, 0.15) is 30.2 Å². The number of aromatic amines is 1. The SMILES string of the molecule is CCn1c(=O)n(CCC(=O)NCc2c(C)cc(C)[nH]c2=O)c2ccccc21. The fourth-order valence-electron chi connectivity index (χ4n) is 3.38. The van der Waals surface area contributed by atoms with Crippen LogP contribution in [0.15, 0.2) is 39.9 Å². The minimum absolute atomic E-state index is 0.114. The van der Waals surface area contributed by atoms with E-state index < -0.39 is 0 Å². The number of carbonyl (C=O) groups excluding carboxylic acids is 1. The lowest BCUT2D eigenvalue weighted by atomic mass is 10.1. The normalized spacial score (nSPS) is 11.1. The molecule has 0 unspecified atom stereocenters. The van der Waals surface area contributed by atoms with E-state index in [-0.39, 0.29) is 30.1 Å². The number of fused-ring (bicyclic) bond motifs is 1. The minimum atomic E-state index is -0.199. The number of imidazole rings is 1. The molecule has 142 valence electrons. The van der Waals surface area contributed by atoms with Gasteiger partial charge in [0.2, 0.25) is 5.91 Å². The molecule has 0 saturated carbocycles. The number of para-hydroxylation sites is 2. The number of amides is 1. The van der Waals surface area contributed by atoms with Gasteiger partial charge in [-0.25, -0.2) is 4.79 Å². The molecule has 0 aliphatic carbocycles. The van der Waals surface area contributed by atoms with Crippen LogP contribution in [0, 0.1) is 13.8 Å². The molecule has 0 aliphatic rings. The van der Waals surface area contributed by atoms with Gasteiger partial charge in [-0.3, -0.25) is 18.7 Å². The van der Waals surface area contributed by atoms with Gasteiger partial charge in [-0.15, -0.1) is 0 Å². The molecule has 0 fully saturated rings. The first-order chi connectivity index (χ1) is 12.9. The third-order valence-electron chi connectivity index (χ3n) is 4.76. The van der Waals surface area contributed by atoms with Crippen LogP contribution in [0.25, 0.3) is 11.0 Å². The first-order valence-electron chi connectivity index (χ1n) is 9.06. The Balaban J connectivity index is 1.70. The van der Waals surface area contributed by atoms with E-state index in [1.54, 1.807) is 9.13 Å². The molecule has 3 aromatic rings. The first kappa shape index (κ1) is 18.7. The largest absolute Gasteiger partial charge is 0.352 e. The summed E-state index contributed by atoms with van der Waals surface area (Å²) in [4.78, 5) is 39.6. The molecule has 0 radical (unpaired) electrons. The lowest BCUT2D eigenvalue weighted by molar-refractivity contribution is -0.121. The summed E-state index contributed by atoms with van der Waals surface area (Å²) in [5, 5.41) is 2.78. The number of aryl methyl sites for hydroxylation is 4. The van der Waals surface area contributed by atoms with Crippen LogP contribution in [0.4, 0.5) is 0 Å². The Labute approximate surface area is 156 Å². The number of hydrogen-bond acceptors (Lipinski definition) is 3. The molecular formula is C20H24N4O3. The van der Waals surface area contributed by atoms with E-state index in [1.165, 1.54) is 0 Å². The van der Waals surface area contributed by atoms with Crippen LogP contribution >= 0.6 is 0 Å². The van der Waals surface area contributed by atoms with Crippen LogP contribution in [0.2, 0.25) is 0 Å². The average Bonchev–Trinajstić information content (AvgIpc) is 2.89. The Morgan fingerprint density at radius 2 is 1.78 bits per heavy atom. The van der Waals surface area contributed by atoms with E-state index in [4.69, 9.17) is 0 Å². The van der Waals surface area contributed by atoms with Crippen molar-refractivity contribution in [2.24, 2.45) is 0 Å². The third-order valence-corrected chi connectivity index (χ3v) is 4.76. The van der Waals surface area contributed by atoms with Crippen LogP contribution in [-0.2, 0) is 24.4 Å². The molecule has 2 N–H and O–H groups in total. The van der Waals surface area contributed by atoms with E-state index >= 15 is 0 Å². The van der Waals surface area contributed by atoms with Crippen molar-refractivity contribution in [1.82, 2.24) is 19.4 Å². The lowest BCUT2D eigenvalue weighted by Gasteiger charge is -2.08. The second-order valence-corrected chi connectivity index (χ2v) is 6.64. The standard InChI is InChI=1S/C20H24N4O3/c1-4-23-16-7-5-6-8-17(16)24(20(23)27)10-9-18(25)21-12-15-13(2)11-14(3)22-19(15)26/h5-8,11H,4,9-10,12H2,1-3H3,(H,21,25)(H,22,26). The molecule has 0 aliphatic heterocycles. The highest BCUT2D eigenvalue weighted by Crippen LogP contribution is 2.13. The first-order valence-corrected chi connectivity index (χ1v) is 9.06. The number of carbonyl (C=O) groups is 1. The topological polar surface area (TPSA) is 88.9 Å². The second-order valence-electron chi connectivity index (χ2n) is 6.64. The van der Waals surface area contributed by atoms with Gasteiger partial charge in [0.05, 0.1) is 11.0 Å². The number of rotatable bonds is 6. The molecule has 0 saturated heterocycles. The zero-order valence-electron chi connectivity index (χ0n) is 15.8. The van der Waals surface area contributed by atoms with E-state index in [0.29, 0.717) is 18.7 Å². The predicted octanol–water partition coefficient (Wildman–Crippen LogP) is 1.83. The van der Waals surface area contributed by atoms with E-state index in [2.05, 4.69) is 10.3 Å². The average molecular weight is 368 g/mol. The number of benzene rings is 1. The van der Waals surface area contributed by atoms with Gasteiger partial charge in [0.25, 0.3) is 5.56 Å². The van der Waals surface area contributed by atoms with Crippen molar-refractivity contribution < 1.29 is 4.79 Å². The molecule has 2 heterocycles. The van der Waals surface area contributed by atoms with Gasteiger partial charge >= 0.3 is 5.69 Å². The summed E-state index contributed by atoms with van der Waals surface area (Å²) in [6, 6.07) is 9.44. The zero-order chi connectivity index (χ0) is 19.6. The Morgan fingerprint density at radius 3 is 2.41 bits per heavy atom. The van der Waals surface area contributed by atoms with Crippen molar-refractivity contribution >= 4 is 16.9 Å². The van der Waals surface area contributed by atoms with Gasteiger partial charge in [0, 0.05) is 37.3 Å². The molecular weight excluding hydrogens is 344 g/mol. The van der Waals surface area contributed by atoms with Crippen molar-refractivity contribution in [2.75, 3.05) is 0 Å². The van der Waals surface area contributed by atoms with Gasteiger partial charge in [-0.05, 0) is 44.5 Å². The van der Waals surface area contributed by atoms with E-state index in [9.17, 15) is 14.4 Å². The number of H-pyrrole nitrogens is 1. The maximum absolute atomic E-state index is 12.6. The van der Waals surface area contributed by atoms with Crippen molar-refractivity contribution in [1.29, 1.82) is 0 Å². The fraction of sp³-hybridized carbons (Fsp3) is 0.350. The molecule has 27 heavy (non-hydrogen) atoms. The number of pyridine rings is 1. The van der Waals surface area contributed by atoms with Gasteiger partial charge in [0.1, 0.15) is 0 Å². The fourth-order valence-corrected chi connectivity index (χ4v) is 3.38. The van der Waals surface area contributed by atoms with Crippen molar-refractivity contribution in [3.8, 4) is 0 Å². The molecule has 1 amide bonds. The minimum Gasteiger partial charge on any atom is -0.352 e. The van der Waals surface area contributed by atoms with Gasteiger partial charge in [0.15, 0.2) is 0 Å². The highest BCUT2D eigenvalue weighted by Gasteiger charge is 2.13. The Hall–Kier alpha value is -3.09. The van der Waals surface area contributed by atoms with E-state index in [0.717, 1.165) is 22.3 Å². The molecule has 2 aromatic heterocycles. The molecule has 3 rings (SSSR count). The molecule has 0 spiro atoms. The van der Waals surface area contributed by atoms with Crippen LogP contribution in [0.5, 0.6) is 0 Å². The predicted molar refractivity (Wildman–Crippen MR) is 105 cm³/mol. The molecule has 0 bridgehead atoms. The molecule has 1 aromatic carbocycles. The summed E-state index contributed by atoms with van der Waals surface area (Å²) in [6.45, 7) is 6.64. The zero-order valence-corrected chi connectivity index (χ0v) is 15.8. The van der Waals surface area contributed by atoms with Crippen LogP contribution in [-0.4, -0.2) is 20.0 Å². The monoisotopic (exact) mass is 368 g/mol. The number of aromatic nitrogens is 3. The lowest BCUT2D eigenvalue weighted by Crippen LogP contribution is -2.30. The van der Waals surface area contributed by atoms with Crippen LogP contribution in [0.3, 0.4) is 0 Å².